The Morgan fingerprint density at radius 3 is 2.60 bits per heavy atom. The van der Waals surface area contributed by atoms with Crippen molar-refractivity contribution in [3.05, 3.63) is 61.8 Å². The Balaban J connectivity index is 1.95. The molecular weight excluding hydrogens is 359 g/mol. The molecule has 0 atom stereocenters. The first-order valence-electron chi connectivity index (χ1n) is 7.29. The van der Waals surface area contributed by atoms with Crippen LogP contribution in [0.1, 0.15) is 32.7 Å². The van der Waals surface area contributed by atoms with Crippen molar-refractivity contribution < 1.29 is 18.0 Å². The number of fused-ring (bicyclic) bond motifs is 1. The van der Waals surface area contributed by atoms with Gasteiger partial charge in [0.2, 0.25) is 0 Å². The van der Waals surface area contributed by atoms with Gasteiger partial charge in [-0.2, -0.15) is 13.2 Å². The lowest BCUT2D eigenvalue weighted by atomic mass is 10.1. The van der Waals surface area contributed by atoms with Gasteiger partial charge in [-0.25, -0.2) is 0 Å². The number of aromatic nitrogens is 2. The van der Waals surface area contributed by atoms with Crippen LogP contribution in [-0.2, 0) is 26.3 Å². The highest BCUT2D eigenvalue weighted by molar-refractivity contribution is 6.31. The number of alkyl halides is 3. The number of halogens is 4. The van der Waals surface area contributed by atoms with Gasteiger partial charge < -0.3 is 9.47 Å². The number of amides is 1. The number of pyridine rings is 2. The first-order chi connectivity index (χ1) is 11.6. The first-order valence-corrected chi connectivity index (χ1v) is 7.67. The SMILES string of the molecule is Cc1c2c(n(C)c(=O)c1Cl)CN(C(=O)c1cncc(C(F)(F)F)c1)C2. The third kappa shape index (κ3) is 2.90. The van der Waals surface area contributed by atoms with Crippen molar-refractivity contribution in [3.63, 3.8) is 0 Å². The molecule has 0 saturated heterocycles. The van der Waals surface area contributed by atoms with Gasteiger partial charge in [-0.05, 0) is 24.1 Å². The largest absolute Gasteiger partial charge is 0.417 e. The lowest BCUT2D eigenvalue weighted by molar-refractivity contribution is -0.137. The summed E-state index contributed by atoms with van der Waals surface area (Å²) in [7, 11) is 1.55. The minimum atomic E-state index is -4.58. The van der Waals surface area contributed by atoms with E-state index in [0.29, 0.717) is 17.5 Å². The Labute approximate surface area is 145 Å². The van der Waals surface area contributed by atoms with Crippen molar-refractivity contribution in [2.24, 2.45) is 7.05 Å². The minimum Gasteiger partial charge on any atom is -0.328 e. The van der Waals surface area contributed by atoms with Gasteiger partial charge in [-0.1, -0.05) is 11.6 Å². The summed E-state index contributed by atoms with van der Waals surface area (Å²) in [5, 5.41) is 0.0799. The third-order valence-electron chi connectivity index (χ3n) is 4.32. The Morgan fingerprint density at radius 2 is 1.96 bits per heavy atom. The lowest BCUT2D eigenvalue weighted by Gasteiger charge is -2.16. The van der Waals surface area contributed by atoms with Crippen LogP contribution in [0.25, 0.3) is 0 Å². The van der Waals surface area contributed by atoms with Crippen molar-refractivity contribution in [1.82, 2.24) is 14.5 Å². The highest BCUT2D eigenvalue weighted by atomic mass is 35.5. The average Bonchev–Trinajstić information content (AvgIpc) is 3.02. The number of hydrogen-bond acceptors (Lipinski definition) is 3. The van der Waals surface area contributed by atoms with E-state index in [1.165, 1.54) is 9.47 Å². The number of rotatable bonds is 1. The molecule has 0 radical (unpaired) electrons. The normalized spacial score (nSPS) is 13.9. The molecule has 1 amide bonds. The smallest absolute Gasteiger partial charge is 0.328 e. The molecule has 3 rings (SSSR count). The summed E-state index contributed by atoms with van der Waals surface area (Å²) in [5.74, 6) is -0.585. The van der Waals surface area contributed by atoms with Crippen LogP contribution >= 0.6 is 11.6 Å². The quantitative estimate of drug-likeness (QED) is 0.774. The maximum atomic E-state index is 12.8. The molecule has 0 N–H and O–H groups in total. The van der Waals surface area contributed by atoms with Crippen LogP contribution in [-0.4, -0.2) is 20.4 Å². The van der Waals surface area contributed by atoms with Gasteiger partial charge in [0, 0.05) is 31.7 Å². The fraction of sp³-hybridized carbons (Fsp3) is 0.312. The zero-order valence-corrected chi connectivity index (χ0v) is 14.1. The monoisotopic (exact) mass is 371 g/mol. The van der Waals surface area contributed by atoms with E-state index >= 15 is 0 Å². The Bertz CT molecular complexity index is 937. The van der Waals surface area contributed by atoms with Crippen LogP contribution < -0.4 is 5.56 Å². The van der Waals surface area contributed by atoms with Gasteiger partial charge in [0.05, 0.1) is 17.7 Å². The highest BCUT2D eigenvalue weighted by Crippen LogP contribution is 2.31. The van der Waals surface area contributed by atoms with Crippen LogP contribution in [0.2, 0.25) is 5.02 Å². The maximum absolute atomic E-state index is 12.8. The molecule has 0 spiro atoms. The summed E-state index contributed by atoms with van der Waals surface area (Å²) in [4.78, 5) is 29.5. The highest BCUT2D eigenvalue weighted by Gasteiger charge is 2.33. The molecule has 0 saturated carbocycles. The zero-order chi connectivity index (χ0) is 18.5. The summed E-state index contributed by atoms with van der Waals surface area (Å²) in [6.07, 6.45) is -2.81. The van der Waals surface area contributed by atoms with Crippen LogP contribution in [0, 0.1) is 6.92 Å². The van der Waals surface area contributed by atoms with E-state index in [0.717, 1.165) is 17.8 Å². The molecule has 0 fully saturated rings. The number of carbonyl (C=O) groups is 1. The molecule has 2 aromatic rings. The fourth-order valence-corrected chi connectivity index (χ4v) is 3.10. The number of hydrogen-bond donors (Lipinski definition) is 0. The molecule has 1 aliphatic rings. The summed E-state index contributed by atoms with van der Waals surface area (Å²) >= 11 is 6.01. The second kappa shape index (κ2) is 5.87. The molecule has 1 aliphatic heterocycles. The molecule has 9 heteroatoms. The average molecular weight is 372 g/mol. The molecule has 25 heavy (non-hydrogen) atoms. The van der Waals surface area contributed by atoms with Crippen LogP contribution in [0.5, 0.6) is 0 Å². The van der Waals surface area contributed by atoms with E-state index in [1.54, 1.807) is 14.0 Å². The summed E-state index contributed by atoms with van der Waals surface area (Å²) in [6, 6.07) is 0.775. The molecular formula is C16H13ClF3N3O2. The van der Waals surface area contributed by atoms with Crippen molar-refractivity contribution in [3.8, 4) is 0 Å². The van der Waals surface area contributed by atoms with E-state index in [4.69, 9.17) is 11.6 Å². The van der Waals surface area contributed by atoms with Crippen molar-refractivity contribution >= 4 is 17.5 Å². The van der Waals surface area contributed by atoms with Crippen LogP contribution in [0.3, 0.4) is 0 Å². The molecule has 5 nitrogen and oxygen atoms in total. The number of carbonyl (C=O) groups excluding carboxylic acids is 1. The van der Waals surface area contributed by atoms with E-state index < -0.39 is 17.6 Å². The minimum absolute atomic E-state index is 0.0799. The van der Waals surface area contributed by atoms with E-state index in [2.05, 4.69) is 4.98 Å². The summed E-state index contributed by atoms with van der Waals surface area (Å²) < 4.78 is 39.8. The zero-order valence-electron chi connectivity index (χ0n) is 13.3. The predicted octanol–water partition coefficient (Wildman–Crippen LogP) is 2.92. The van der Waals surface area contributed by atoms with Gasteiger partial charge in [-0.15, -0.1) is 0 Å². The van der Waals surface area contributed by atoms with Gasteiger partial charge in [0.15, 0.2) is 0 Å². The third-order valence-corrected chi connectivity index (χ3v) is 4.76. The van der Waals surface area contributed by atoms with Gasteiger partial charge in [0.25, 0.3) is 11.5 Å². The van der Waals surface area contributed by atoms with Crippen molar-refractivity contribution in [2.75, 3.05) is 0 Å². The number of nitrogens with zero attached hydrogens (tertiary/aromatic N) is 3. The second-order valence-electron chi connectivity index (χ2n) is 5.85. The standard InChI is InChI=1S/C16H13ClF3N3O2/c1-8-11-6-23(7-12(11)22(2)15(25)13(8)17)14(24)9-3-10(5-21-4-9)16(18,19)20/h3-5H,6-7H2,1-2H3. The summed E-state index contributed by atoms with van der Waals surface area (Å²) in [6.45, 7) is 1.97. The maximum Gasteiger partial charge on any atom is 0.417 e. The molecule has 3 heterocycles. The van der Waals surface area contributed by atoms with E-state index in [1.807, 2.05) is 0 Å². The fourth-order valence-electron chi connectivity index (χ4n) is 2.86. The van der Waals surface area contributed by atoms with Crippen molar-refractivity contribution in [1.29, 1.82) is 0 Å². The Kier molecular flexibility index (Phi) is 4.10. The van der Waals surface area contributed by atoms with E-state index in [9.17, 15) is 22.8 Å². The van der Waals surface area contributed by atoms with Gasteiger partial charge in [-0.3, -0.25) is 14.6 Å². The van der Waals surface area contributed by atoms with Gasteiger partial charge in [0.1, 0.15) is 5.02 Å². The molecule has 0 bridgehead atoms. The molecule has 2 aromatic heterocycles. The van der Waals surface area contributed by atoms with Crippen molar-refractivity contribution in [2.45, 2.75) is 26.2 Å². The molecule has 132 valence electrons. The molecule has 0 unspecified atom stereocenters. The molecule has 0 aliphatic carbocycles. The Morgan fingerprint density at radius 1 is 1.28 bits per heavy atom. The predicted molar refractivity (Wildman–Crippen MR) is 84.2 cm³/mol. The van der Waals surface area contributed by atoms with Gasteiger partial charge >= 0.3 is 6.18 Å². The van der Waals surface area contributed by atoms with Crippen LogP contribution in [0.15, 0.2) is 23.3 Å². The lowest BCUT2D eigenvalue weighted by Crippen LogP contribution is -2.27. The topological polar surface area (TPSA) is 55.2 Å². The molecule has 0 aromatic carbocycles. The second-order valence-corrected chi connectivity index (χ2v) is 6.23. The first kappa shape index (κ1) is 17.5. The van der Waals surface area contributed by atoms with E-state index in [-0.39, 0.29) is 29.2 Å². The Hall–Kier alpha value is -2.35. The van der Waals surface area contributed by atoms with Crippen LogP contribution in [0.4, 0.5) is 13.2 Å². The summed E-state index contributed by atoms with van der Waals surface area (Å²) in [5.41, 5.74) is 0.434.